The van der Waals surface area contributed by atoms with Crippen LogP contribution in [0.5, 0.6) is 5.75 Å². The molecule has 0 radical (unpaired) electrons. The monoisotopic (exact) mass is 273 g/mol. The van der Waals surface area contributed by atoms with Crippen LogP contribution in [0.4, 0.5) is 0 Å². The van der Waals surface area contributed by atoms with Crippen LogP contribution in [0.25, 0.3) is 10.8 Å². The fraction of sp³-hybridized carbons (Fsp3) is 0.200. The van der Waals surface area contributed by atoms with Crippen molar-refractivity contribution in [2.24, 2.45) is 4.99 Å². The number of fused-ring (bicyclic) bond motifs is 1. The number of carbonyl (C=O) groups is 1. The Kier molecular flexibility index (Phi) is 4.00. The molecule has 5 heteroatoms. The van der Waals surface area contributed by atoms with Crippen molar-refractivity contribution >= 4 is 23.0 Å². The van der Waals surface area contributed by atoms with E-state index in [1.54, 1.807) is 6.07 Å². The van der Waals surface area contributed by atoms with Crippen LogP contribution in [-0.4, -0.2) is 39.6 Å². The van der Waals surface area contributed by atoms with Gasteiger partial charge < -0.3 is 15.3 Å². The second-order valence-corrected chi connectivity index (χ2v) is 4.52. The summed E-state index contributed by atoms with van der Waals surface area (Å²) in [6.45, 7) is 1.36. The van der Waals surface area contributed by atoms with Crippen LogP contribution in [0, 0.1) is 0 Å². The number of aliphatic hydroxyl groups excluding tert-OH is 1. The summed E-state index contributed by atoms with van der Waals surface area (Å²) in [5, 5.41) is 29.9. The van der Waals surface area contributed by atoms with Crippen molar-refractivity contribution in [3.63, 3.8) is 0 Å². The van der Waals surface area contributed by atoms with Crippen LogP contribution in [0.1, 0.15) is 12.5 Å². The van der Waals surface area contributed by atoms with Crippen LogP contribution in [0.15, 0.2) is 41.4 Å². The van der Waals surface area contributed by atoms with E-state index >= 15 is 0 Å². The number of benzene rings is 2. The van der Waals surface area contributed by atoms with E-state index in [1.165, 1.54) is 19.2 Å². The van der Waals surface area contributed by atoms with E-state index in [1.807, 2.05) is 24.3 Å². The van der Waals surface area contributed by atoms with Gasteiger partial charge in [0, 0.05) is 11.8 Å². The second kappa shape index (κ2) is 5.71. The van der Waals surface area contributed by atoms with E-state index in [0.717, 1.165) is 10.8 Å². The van der Waals surface area contributed by atoms with Gasteiger partial charge in [0.2, 0.25) is 0 Å². The van der Waals surface area contributed by atoms with Crippen LogP contribution < -0.4 is 0 Å². The molecule has 0 spiro atoms. The minimum absolute atomic E-state index is 0.0159. The van der Waals surface area contributed by atoms with Gasteiger partial charge in [-0.25, -0.2) is 4.79 Å². The number of aliphatic carboxylic acids is 1. The maximum Gasteiger partial charge on any atom is 0.331 e. The van der Waals surface area contributed by atoms with Gasteiger partial charge in [-0.1, -0.05) is 30.3 Å². The Morgan fingerprint density at radius 2 is 1.95 bits per heavy atom. The van der Waals surface area contributed by atoms with Gasteiger partial charge in [0.25, 0.3) is 0 Å². The predicted molar refractivity (Wildman–Crippen MR) is 76.3 cm³/mol. The lowest BCUT2D eigenvalue weighted by molar-refractivity contribution is -0.140. The molecule has 0 aliphatic heterocycles. The fourth-order valence-corrected chi connectivity index (χ4v) is 1.97. The summed E-state index contributed by atoms with van der Waals surface area (Å²) in [5.74, 6) is -1.20. The first kappa shape index (κ1) is 14.0. The second-order valence-electron chi connectivity index (χ2n) is 4.52. The zero-order chi connectivity index (χ0) is 14.7. The van der Waals surface area contributed by atoms with Crippen molar-refractivity contribution < 1.29 is 20.1 Å². The minimum atomic E-state index is -1.26. The third kappa shape index (κ3) is 2.78. The number of aliphatic hydroxyl groups is 1. The highest BCUT2D eigenvalue weighted by Gasteiger charge is 2.21. The summed E-state index contributed by atoms with van der Waals surface area (Å²) in [5.41, 5.74) is 0.440. The molecule has 0 fully saturated rings. The molecule has 0 saturated carbocycles. The lowest BCUT2D eigenvalue weighted by atomic mass is 10.0. The Bertz CT molecular complexity index is 664. The molecule has 0 aliphatic rings. The van der Waals surface area contributed by atoms with E-state index in [0.29, 0.717) is 5.56 Å². The average Bonchev–Trinajstić information content (AvgIpc) is 2.40. The fourth-order valence-electron chi connectivity index (χ4n) is 1.97. The molecule has 3 N–H and O–H groups in total. The third-order valence-corrected chi connectivity index (χ3v) is 3.02. The van der Waals surface area contributed by atoms with E-state index in [9.17, 15) is 15.0 Å². The quantitative estimate of drug-likeness (QED) is 0.741. The lowest BCUT2D eigenvalue weighted by Crippen LogP contribution is -2.30. The highest BCUT2D eigenvalue weighted by molar-refractivity contribution is 6.02. The average molecular weight is 273 g/mol. The molecule has 0 amide bonds. The minimum Gasteiger partial charge on any atom is -0.507 e. The number of carboxylic acids is 1. The Labute approximate surface area is 115 Å². The summed E-state index contributed by atoms with van der Waals surface area (Å²) < 4.78 is 0. The molecule has 2 rings (SSSR count). The Hall–Kier alpha value is -2.40. The van der Waals surface area contributed by atoms with E-state index < -0.39 is 18.1 Å². The number of rotatable bonds is 4. The van der Waals surface area contributed by atoms with Crippen LogP contribution in [0.2, 0.25) is 0 Å². The smallest absolute Gasteiger partial charge is 0.331 e. The predicted octanol–water partition coefficient (Wildman–Crippen LogP) is 1.80. The lowest BCUT2D eigenvalue weighted by Gasteiger charge is -2.10. The van der Waals surface area contributed by atoms with Crippen LogP contribution in [-0.2, 0) is 4.79 Å². The summed E-state index contributed by atoms with van der Waals surface area (Å²) in [4.78, 5) is 14.8. The topological polar surface area (TPSA) is 90.1 Å². The van der Waals surface area contributed by atoms with Crippen molar-refractivity contribution in [3.05, 3.63) is 42.0 Å². The maximum atomic E-state index is 11.0. The van der Waals surface area contributed by atoms with Crippen molar-refractivity contribution in [2.75, 3.05) is 0 Å². The molecule has 2 aromatic rings. The number of aromatic hydroxyl groups is 1. The number of carboxylic acid groups (broad SMARTS) is 1. The van der Waals surface area contributed by atoms with Gasteiger partial charge in [0.15, 0.2) is 6.04 Å². The van der Waals surface area contributed by atoms with Gasteiger partial charge in [-0.05, 0) is 23.8 Å². The number of nitrogens with zero attached hydrogens (tertiary/aromatic N) is 1. The molecule has 0 aromatic heterocycles. The molecule has 0 aliphatic carbocycles. The SMILES string of the molecule is CC(O)C(N=Cc1c(O)ccc2ccccc12)C(=O)O. The molecule has 20 heavy (non-hydrogen) atoms. The summed E-state index contributed by atoms with van der Waals surface area (Å²) >= 11 is 0. The van der Waals surface area contributed by atoms with Crippen LogP contribution in [0.3, 0.4) is 0 Å². The molecule has 0 bridgehead atoms. The molecular weight excluding hydrogens is 258 g/mol. The summed E-state index contributed by atoms with van der Waals surface area (Å²) in [6.07, 6.45) is 0.185. The van der Waals surface area contributed by atoms with Gasteiger partial charge in [-0.3, -0.25) is 4.99 Å². The number of phenolic OH excluding ortho intramolecular Hbond substituents is 1. The maximum absolute atomic E-state index is 11.0. The molecule has 2 atom stereocenters. The Morgan fingerprint density at radius 3 is 2.60 bits per heavy atom. The molecule has 0 saturated heterocycles. The first-order valence-electron chi connectivity index (χ1n) is 6.15. The largest absolute Gasteiger partial charge is 0.507 e. The van der Waals surface area contributed by atoms with E-state index in [4.69, 9.17) is 5.11 Å². The molecule has 2 unspecified atom stereocenters. The number of hydrogen-bond donors (Lipinski definition) is 3. The Balaban J connectivity index is 2.47. The van der Waals surface area contributed by atoms with Gasteiger partial charge in [-0.2, -0.15) is 0 Å². The summed E-state index contributed by atoms with van der Waals surface area (Å²) in [7, 11) is 0. The zero-order valence-corrected chi connectivity index (χ0v) is 10.9. The summed E-state index contributed by atoms with van der Waals surface area (Å²) in [6, 6.07) is 9.43. The first-order valence-corrected chi connectivity index (χ1v) is 6.15. The zero-order valence-electron chi connectivity index (χ0n) is 10.9. The first-order chi connectivity index (χ1) is 9.50. The number of aliphatic imine (C=N–C) groups is 1. The third-order valence-electron chi connectivity index (χ3n) is 3.02. The number of phenols is 1. The standard InChI is InChI=1S/C15H15NO4/c1-9(17)14(15(19)20)16-8-12-11-5-3-2-4-10(11)6-7-13(12)18/h2-9,14,17-18H,1H3,(H,19,20). The van der Waals surface area contributed by atoms with Gasteiger partial charge in [0.05, 0.1) is 6.10 Å². The molecule has 5 nitrogen and oxygen atoms in total. The van der Waals surface area contributed by atoms with Crippen molar-refractivity contribution in [1.29, 1.82) is 0 Å². The molecular formula is C15H15NO4. The normalized spacial score (nSPS) is 14.5. The highest BCUT2D eigenvalue weighted by Crippen LogP contribution is 2.25. The number of hydrogen-bond acceptors (Lipinski definition) is 4. The van der Waals surface area contributed by atoms with Gasteiger partial charge >= 0.3 is 5.97 Å². The van der Waals surface area contributed by atoms with E-state index in [-0.39, 0.29) is 5.75 Å². The molecule has 104 valence electrons. The van der Waals surface area contributed by atoms with Gasteiger partial charge in [-0.15, -0.1) is 0 Å². The van der Waals surface area contributed by atoms with E-state index in [2.05, 4.69) is 4.99 Å². The van der Waals surface area contributed by atoms with Crippen molar-refractivity contribution in [1.82, 2.24) is 0 Å². The van der Waals surface area contributed by atoms with Crippen LogP contribution >= 0.6 is 0 Å². The highest BCUT2D eigenvalue weighted by atomic mass is 16.4. The molecule has 0 heterocycles. The van der Waals surface area contributed by atoms with Crippen molar-refractivity contribution in [2.45, 2.75) is 19.1 Å². The molecule has 2 aromatic carbocycles. The Morgan fingerprint density at radius 1 is 1.25 bits per heavy atom. The van der Waals surface area contributed by atoms with Crippen molar-refractivity contribution in [3.8, 4) is 5.75 Å². The van der Waals surface area contributed by atoms with Gasteiger partial charge in [0.1, 0.15) is 5.75 Å².